The summed E-state index contributed by atoms with van der Waals surface area (Å²) in [7, 11) is 0. The predicted molar refractivity (Wildman–Crippen MR) is 119 cm³/mol. The van der Waals surface area contributed by atoms with Crippen LogP contribution in [0.25, 0.3) is 33.4 Å². The molecule has 1 aliphatic rings. The number of halogens is 1. The van der Waals surface area contributed by atoms with E-state index in [1.807, 2.05) is 47.2 Å². The van der Waals surface area contributed by atoms with Gasteiger partial charge in [0, 0.05) is 38.8 Å². The Balaban J connectivity index is 2.01. The highest BCUT2D eigenvalue weighted by Gasteiger charge is 2.35. The van der Waals surface area contributed by atoms with Gasteiger partial charge in [0.25, 0.3) is 0 Å². The maximum atomic E-state index is 13.4. The number of rotatable bonds is 1. The first-order chi connectivity index (χ1) is 14.3. The molecule has 0 radical (unpaired) electrons. The van der Waals surface area contributed by atoms with Gasteiger partial charge in [-0.05, 0) is 38.5 Å². The third kappa shape index (κ3) is 2.52. The van der Waals surface area contributed by atoms with Gasteiger partial charge in [-0.25, -0.2) is 4.98 Å². The molecular weight excluding hydrogens is 394 g/mol. The van der Waals surface area contributed by atoms with E-state index in [0.717, 1.165) is 16.7 Å². The van der Waals surface area contributed by atoms with Crippen molar-refractivity contribution >= 4 is 28.4 Å². The van der Waals surface area contributed by atoms with Gasteiger partial charge in [-0.3, -0.25) is 4.79 Å². The Hall–Kier alpha value is -3.42. The van der Waals surface area contributed by atoms with Crippen molar-refractivity contribution in [2.75, 3.05) is 0 Å². The molecule has 1 aliphatic carbocycles. The Labute approximate surface area is 179 Å². The van der Waals surface area contributed by atoms with Crippen LogP contribution < -0.4 is 0 Å². The molecule has 4 nitrogen and oxygen atoms in total. The van der Waals surface area contributed by atoms with Crippen molar-refractivity contribution in [1.29, 1.82) is 5.26 Å². The topological polar surface area (TPSA) is 58.7 Å². The van der Waals surface area contributed by atoms with Gasteiger partial charge in [-0.2, -0.15) is 5.26 Å². The number of carbonyl (C=O) groups is 1. The highest BCUT2D eigenvalue weighted by Crippen LogP contribution is 2.45. The number of hydrogen-bond donors (Lipinski definition) is 0. The maximum Gasteiger partial charge on any atom is 0.196 e. The molecule has 5 rings (SSSR count). The number of carbonyl (C=O) groups excluding carboxylic acids is 1. The molecule has 0 atom stereocenters. The second-order valence-corrected chi connectivity index (χ2v) is 8.92. The highest BCUT2D eigenvalue weighted by atomic mass is 35.5. The number of ketones is 1. The van der Waals surface area contributed by atoms with Gasteiger partial charge in [0.1, 0.15) is 11.7 Å². The van der Waals surface area contributed by atoms with Crippen LogP contribution >= 0.6 is 11.6 Å². The van der Waals surface area contributed by atoms with E-state index in [-0.39, 0.29) is 11.3 Å². The standard InChI is InChI=1S/C25H18ClN3O/c1-25(2,3)29-13-15(12-27)20-19(14-8-10-16(26)11-9-14)21-22(28-24(20)29)17-6-4-5-7-18(17)23(21)30/h4-11,13H,1-3H3. The Morgan fingerprint density at radius 2 is 1.67 bits per heavy atom. The fourth-order valence-electron chi connectivity index (χ4n) is 4.20. The minimum Gasteiger partial charge on any atom is -0.326 e. The second kappa shape index (κ2) is 6.29. The van der Waals surface area contributed by atoms with Crippen LogP contribution in [0.2, 0.25) is 5.02 Å². The van der Waals surface area contributed by atoms with Crippen molar-refractivity contribution in [1.82, 2.24) is 9.55 Å². The molecule has 5 heteroatoms. The third-order valence-corrected chi connectivity index (χ3v) is 5.82. The van der Waals surface area contributed by atoms with Gasteiger partial charge in [0.15, 0.2) is 5.78 Å². The first kappa shape index (κ1) is 18.6. The van der Waals surface area contributed by atoms with Crippen LogP contribution in [0.1, 0.15) is 42.3 Å². The van der Waals surface area contributed by atoms with E-state index in [2.05, 4.69) is 26.8 Å². The molecule has 0 aliphatic heterocycles. The molecule has 2 aromatic heterocycles. The predicted octanol–water partition coefficient (Wildman–Crippen LogP) is 6.19. The van der Waals surface area contributed by atoms with Crippen molar-refractivity contribution in [2.45, 2.75) is 26.3 Å². The van der Waals surface area contributed by atoms with E-state index >= 15 is 0 Å². The van der Waals surface area contributed by atoms with Crippen molar-refractivity contribution in [3.05, 3.63) is 76.4 Å². The zero-order chi connectivity index (χ0) is 21.2. The number of benzene rings is 2. The lowest BCUT2D eigenvalue weighted by atomic mass is 9.94. The molecule has 30 heavy (non-hydrogen) atoms. The molecule has 0 unspecified atom stereocenters. The summed E-state index contributed by atoms with van der Waals surface area (Å²) < 4.78 is 2.02. The first-order valence-corrected chi connectivity index (χ1v) is 10.1. The molecule has 146 valence electrons. The van der Waals surface area contributed by atoms with Crippen molar-refractivity contribution in [2.24, 2.45) is 0 Å². The zero-order valence-corrected chi connectivity index (χ0v) is 17.6. The molecule has 2 aromatic carbocycles. The van der Waals surface area contributed by atoms with Gasteiger partial charge < -0.3 is 4.57 Å². The van der Waals surface area contributed by atoms with Gasteiger partial charge in [0.2, 0.25) is 0 Å². The molecule has 0 spiro atoms. The largest absolute Gasteiger partial charge is 0.326 e. The van der Waals surface area contributed by atoms with Crippen molar-refractivity contribution in [3.63, 3.8) is 0 Å². The molecular formula is C25H18ClN3O. The van der Waals surface area contributed by atoms with Crippen LogP contribution in [0.4, 0.5) is 0 Å². The molecule has 0 fully saturated rings. The Kier molecular flexibility index (Phi) is 3.90. The minimum absolute atomic E-state index is 0.0626. The van der Waals surface area contributed by atoms with Crippen LogP contribution in [0.15, 0.2) is 54.7 Å². The number of nitriles is 1. The summed E-state index contributed by atoms with van der Waals surface area (Å²) in [5, 5.41) is 11.2. The minimum atomic E-state index is -0.284. The average molecular weight is 412 g/mol. The summed E-state index contributed by atoms with van der Waals surface area (Å²) in [6, 6.07) is 17.2. The third-order valence-electron chi connectivity index (χ3n) is 5.56. The second-order valence-electron chi connectivity index (χ2n) is 8.49. The quantitative estimate of drug-likeness (QED) is 0.330. The normalized spacial score (nSPS) is 12.7. The van der Waals surface area contributed by atoms with E-state index in [0.29, 0.717) is 38.4 Å². The number of fused-ring (bicyclic) bond motifs is 4. The van der Waals surface area contributed by atoms with Crippen molar-refractivity contribution in [3.8, 4) is 28.5 Å². The average Bonchev–Trinajstić information content (AvgIpc) is 3.24. The van der Waals surface area contributed by atoms with Crippen LogP contribution in [0.5, 0.6) is 0 Å². The molecule has 0 saturated carbocycles. The Morgan fingerprint density at radius 1 is 1.00 bits per heavy atom. The molecule has 4 aromatic rings. The maximum absolute atomic E-state index is 13.4. The van der Waals surface area contributed by atoms with Crippen molar-refractivity contribution < 1.29 is 4.79 Å². The molecule has 0 bridgehead atoms. The summed E-state index contributed by atoms with van der Waals surface area (Å²) in [5.74, 6) is -0.0626. The lowest BCUT2D eigenvalue weighted by Gasteiger charge is -2.22. The monoisotopic (exact) mass is 411 g/mol. The smallest absolute Gasteiger partial charge is 0.196 e. The number of aromatic nitrogens is 2. The molecule has 2 heterocycles. The molecule has 0 N–H and O–H groups in total. The van der Waals surface area contributed by atoms with Crippen LogP contribution in [0, 0.1) is 11.3 Å². The lowest BCUT2D eigenvalue weighted by molar-refractivity contribution is 0.104. The highest BCUT2D eigenvalue weighted by molar-refractivity contribution is 6.31. The van der Waals surface area contributed by atoms with E-state index in [1.54, 1.807) is 12.1 Å². The fourth-order valence-corrected chi connectivity index (χ4v) is 4.32. The summed E-state index contributed by atoms with van der Waals surface area (Å²) in [6.45, 7) is 6.22. The van der Waals surface area contributed by atoms with Gasteiger partial charge >= 0.3 is 0 Å². The zero-order valence-electron chi connectivity index (χ0n) is 16.8. The summed E-state index contributed by atoms with van der Waals surface area (Å²) in [5.41, 5.74) is 5.19. The first-order valence-electron chi connectivity index (χ1n) is 9.71. The van der Waals surface area contributed by atoms with Gasteiger partial charge in [-0.15, -0.1) is 0 Å². The summed E-state index contributed by atoms with van der Waals surface area (Å²) >= 11 is 6.12. The SMILES string of the molecule is CC(C)(C)n1cc(C#N)c2c(-c3ccc(Cl)cc3)c3c(nc21)-c1ccccc1C3=O. The van der Waals surface area contributed by atoms with E-state index in [4.69, 9.17) is 16.6 Å². The van der Waals surface area contributed by atoms with Gasteiger partial charge in [-0.1, -0.05) is 48.0 Å². The van der Waals surface area contributed by atoms with Crippen LogP contribution in [-0.4, -0.2) is 15.3 Å². The lowest BCUT2D eigenvalue weighted by Crippen LogP contribution is -2.21. The van der Waals surface area contributed by atoms with Crippen LogP contribution in [-0.2, 0) is 5.54 Å². The fraction of sp³-hybridized carbons (Fsp3) is 0.160. The van der Waals surface area contributed by atoms with Gasteiger partial charge in [0.05, 0.1) is 16.8 Å². The van der Waals surface area contributed by atoms with E-state index in [9.17, 15) is 10.1 Å². The van der Waals surface area contributed by atoms with E-state index in [1.165, 1.54) is 0 Å². The number of pyridine rings is 1. The summed E-state index contributed by atoms with van der Waals surface area (Å²) in [6.07, 6.45) is 1.84. The molecule has 0 amide bonds. The number of nitrogens with zero attached hydrogens (tertiary/aromatic N) is 3. The van der Waals surface area contributed by atoms with Crippen LogP contribution in [0.3, 0.4) is 0 Å². The number of hydrogen-bond acceptors (Lipinski definition) is 3. The summed E-state index contributed by atoms with van der Waals surface area (Å²) in [4.78, 5) is 18.4. The Bertz CT molecular complexity index is 1400. The Morgan fingerprint density at radius 3 is 2.30 bits per heavy atom. The molecule has 0 saturated heterocycles. The van der Waals surface area contributed by atoms with E-state index < -0.39 is 0 Å².